The van der Waals surface area contributed by atoms with E-state index in [2.05, 4.69) is 43.5 Å². The number of carbonyl (C=O) groups is 1. The Morgan fingerprint density at radius 1 is 1.41 bits per heavy atom. The smallest absolute Gasteiger partial charge is 0.327 e. The lowest BCUT2D eigenvalue weighted by Gasteiger charge is -2.38. The van der Waals surface area contributed by atoms with Crippen LogP contribution in [0.3, 0.4) is 0 Å². The summed E-state index contributed by atoms with van der Waals surface area (Å²) in [7, 11) is 5.69. The lowest BCUT2D eigenvalue weighted by molar-refractivity contribution is -0.145. The first-order valence-electron chi connectivity index (χ1n) is 8.02. The molecule has 1 unspecified atom stereocenters. The van der Waals surface area contributed by atoms with E-state index in [1.54, 1.807) is 6.08 Å². The van der Waals surface area contributed by atoms with Gasteiger partial charge in [-0.1, -0.05) is 37.8 Å². The van der Waals surface area contributed by atoms with Crippen molar-refractivity contribution in [3.05, 3.63) is 36.5 Å². The highest BCUT2D eigenvalue weighted by molar-refractivity contribution is 5.80. The number of likely N-dealkylation sites (tertiary alicyclic amines) is 1. The molecule has 124 valence electrons. The lowest BCUT2D eigenvalue weighted by atomic mass is 9.98. The molecule has 0 aromatic heterocycles. The van der Waals surface area contributed by atoms with Crippen LogP contribution in [0.2, 0.25) is 0 Å². The average molecular weight is 306 g/mol. The molecule has 4 nitrogen and oxygen atoms in total. The van der Waals surface area contributed by atoms with Crippen molar-refractivity contribution in [1.82, 2.24) is 9.80 Å². The fourth-order valence-corrected chi connectivity index (χ4v) is 2.90. The molecule has 0 N–H and O–H groups in total. The lowest BCUT2D eigenvalue weighted by Crippen LogP contribution is -2.50. The third kappa shape index (κ3) is 5.11. The van der Waals surface area contributed by atoms with Crippen molar-refractivity contribution in [3.8, 4) is 0 Å². The van der Waals surface area contributed by atoms with Crippen LogP contribution in [-0.4, -0.2) is 62.1 Å². The first kappa shape index (κ1) is 18.7. The number of rotatable bonds is 7. The summed E-state index contributed by atoms with van der Waals surface area (Å²) in [6.45, 7) is 7.65. The summed E-state index contributed by atoms with van der Waals surface area (Å²) in [4.78, 5) is 16.8. The summed E-state index contributed by atoms with van der Waals surface area (Å²) in [5.74, 6) is -0.197. The van der Waals surface area contributed by atoms with Crippen LogP contribution in [0.1, 0.15) is 26.2 Å². The maximum absolute atomic E-state index is 12.3. The fourth-order valence-electron chi connectivity index (χ4n) is 2.90. The molecule has 0 amide bonds. The Bertz CT molecular complexity index is 419. The molecule has 1 aliphatic rings. The predicted octanol–water partition coefficient (Wildman–Crippen LogP) is 2.63. The van der Waals surface area contributed by atoms with Crippen molar-refractivity contribution in [2.45, 2.75) is 38.3 Å². The Morgan fingerprint density at radius 3 is 2.50 bits per heavy atom. The number of hydrogen-bond acceptors (Lipinski definition) is 4. The molecule has 0 saturated carbocycles. The van der Waals surface area contributed by atoms with Crippen LogP contribution in [0.25, 0.3) is 0 Å². The number of ether oxygens (including phenoxy) is 1. The molecule has 4 heteroatoms. The average Bonchev–Trinajstić information content (AvgIpc) is 2.53. The number of methoxy groups -OCH3 is 1. The summed E-state index contributed by atoms with van der Waals surface area (Å²) in [5, 5.41) is 0. The first-order chi connectivity index (χ1) is 10.5. The maximum atomic E-state index is 12.3. The van der Waals surface area contributed by atoms with Crippen LogP contribution in [0.4, 0.5) is 0 Å². The van der Waals surface area contributed by atoms with Gasteiger partial charge in [0.05, 0.1) is 7.11 Å². The standard InChI is InChI=1S/C18H30N2O2/c1-6-8-10-15(9-7-2)17(18(21)22-5)20-13-11-16(12-14-20)19(3)4/h7-10,16-17H,2,6,11-14H2,1,3-5H3/b10-8-,15-9+. The molecule has 0 spiro atoms. The van der Waals surface area contributed by atoms with Gasteiger partial charge in [-0.3, -0.25) is 4.90 Å². The maximum Gasteiger partial charge on any atom is 0.327 e. The molecular formula is C18H30N2O2. The second-order valence-corrected chi connectivity index (χ2v) is 5.87. The van der Waals surface area contributed by atoms with Crippen LogP contribution < -0.4 is 0 Å². The van der Waals surface area contributed by atoms with E-state index in [9.17, 15) is 4.79 Å². The van der Waals surface area contributed by atoms with E-state index in [1.807, 2.05) is 12.2 Å². The SMILES string of the molecule is C=C/C=C(\C=C/CC)C(C(=O)OC)N1CCC(N(C)C)CC1. The van der Waals surface area contributed by atoms with Crippen molar-refractivity contribution in [3.63, 3.8) is 0 Å². The Hall–Kier alpha value is -1.39. The van der Waals surface area contributed by atoms with E-state index in [0.29, 0.717) is 6.04 Å². The van der Waals surface area contributed by atoms with Crippen LogP contribution in [-0.2, 0) is 9.53 Å². The fraction of sp³-hybridized carbons (Fsp3) is 0.611. The summed E-state index contributed by atoms with van der Waals surface area (Å²) >= 11 is 0. The quantitative estimate of drug-likeness (QED) is 0.535. The molecule has 0 radical (unpaired) electrons. The zero-order chi connectivity index (χ0) is 16.5. The van der Waals surface area contributed by atoms with Gasteiger partial charge in [-0.15, -0.1) is 0 Å². The summed E-state index contributed by atoms with van der Waals surface area (Å²) in [6.07, 6.45) is 10.8. The van der Waals surface area contributed by atoms with Crippen molar-refractivity contribution in [1.29, 1.82) is 0 Å². The number of carbonyl (C=O) groups excluding carboxylic acids is 1. The number of hydrogen-bond donors (Lipinski definition) is 0. The second-order valence-electron chi connectivity index (χ2n) is 5.87. The molecule has 1 heterocycles. The zero-order valence-electron chi connectivity index (χ0n) is 14.4. The van der Waals surface area contributed by atoms with Gasteiger partial charge >= 0.3 is 5.97 Å². The van der Waals surface area contributed by atoms with Crippen molar-refractivity contribution >= 4 is 5.97 Å². The van der Waals surface area contributed by atoms with Gasteiger partial charge in [-0.05, 0) is 38.9 Å². The van der Waals surface area contributed by atoms with Gasteiger partial charge in [0.15, 0.2) is 0 Å². The topological polar surface area (TPSA) is 32.8 Å². The van der Waals surface area contributed by atoms with E-state index < -0.39 is 0 Å². The highest BCUT2D eigenvalue weighted by Crippen LogP contribution is 2.22. The normalized spacial score (nSPS) is 19.6. The molecule has 1 rings (SSSR count). The van der Waals surface area contributed by atoms with Crippen LogP contribution >= 0.6 is 0 Å². The van der Waals surface area contributed by atoms with Gasteiger partial charge in [-0.2, -0.15) is 0 Å². The minimum atomic E-state index is -0.339. The summed E-state index contributed by atoms with van der Waals surface area (Å²) in [6, 6.07) is 0.251. The minimum absolute atomic E-state index is 0.197. The van der Waals surface area contributed by atoms with E-state index in [-0.39, 0.29) is 12.0 Å². The third-order valence-corrected chi connectivity index (χ3v) is 4.19. The zero-order valence-corrected chi connectivity index (χ0v) is 14.4. The summed E-state index contributed by atoms with van der Waals surface area (Å²) < 4.78 is 5.05. The Balaban J connectivity index is 2.93. The van der Waals surface area contributed by atoms with Gasteiger partial charge in [0.2, 0.25) is 0 Å². The molecule has 1 atom stereocenters. The minimum Gasteiger partial charge on any atom is -0.468 e. The highest BCUT2D eigenvalue weighted by Gasteiger charge is 2.32. The second kappa shape index (κ2) is 9.59. The number of allylic oxidation sites excluding steroid dienone is 3. The Kier molecular flexibility index (Phi) is 8.13. The summed E-state index contributed by atoms with van der Waals surface area (Å²) in [5.41, 5.74) is 0.951. The van der Waals surface area contributed by atoms with Gasteiger partial charge in [0.25, 0.3) is 0 Å². The Labute approximate surface area is 135 Å². The molecule has 1 fully saturated rings. The number of piperidine rings is 1. The molecular weight excluding hydrogens is 276 g/mol. The monoisotopic (exact) mass is 306 g/mol. The van der Waals surface area contributed by atoms with E-state index >= 15 is 0 Å². The third-order valence-electron chi connectivity index (χ3n) is 4.19. The van der Waals surface area contributed by atoms with Gasteiger partial charge in [0.1, 0.15) is 6.04 Å². The van der Waals surface area contributed by atoms with E-state index in [0.717, 1.165) is 37.9 Å². The van der Waals surface area contributed by atoms with E-state index in [4.69, 9.17) is 4.74 Å². The largest absolute Gasteiger partial charge is 0.468 e. The first-order valence-corrected chi connectivity index (χ1v) is 8.02. The van der Waals surface area contributed by atoms with Crippen LogP contribution in [0, 0.1) is 0 Å². The molecule has 0 aromatic carbocycles. The Morgan fingerprint density at radius 2 is 2.05 bits per heavy atom. The number of esters is 1. The molecule has 22 heavy (non-hydrogen) atoms. The van der Waals surface area contributed by atoms with Crippen molar-refractivity contribution in [2.24, 2.45) is 0 Å². The van der Waals surface area contributed by atoms with E-state index in [1.165, 1.54) is 7.11 Å². The highest BCUT2D eigenvalue weighted by atomic mass is 16.5. The molecule has 0 aromatic rings. The molecule has 0 bridgehead atoms. The van der Waals surface area contributed by atoms with Gasteiger partial charge < -0.3 is 9.64 Å². The molecule has 1 aliphatic heterocycles. The predicted molar refractivity (Wildman–Crippen MR) is 91.8 cm³/mol. The van der Waals surface area contributed by atoms with Crippen LogP contribution in [0.15, 0.2) is 36.5 Å². The van der Waals surface area contributed by atoms with Crippen molar-refractivity contribution < 1.29 is 9.53 Å². The van der Waals surface area contributed by atoms with Crippen molar-refractivity contribution in [2.75, 3.05) is 34.3 Å². The molecule has 1 saturated heterocycles. The van der Waals surface area contributed by atoms with Gasteiger partial charge in [-0.25, -0.2) is 4.79 Å². The van der Waals surface area contributed by atoms with Gasteiger partial charge in [0, 0.05) is 19.1 Å². The van der Waals surface area contributed by atoms with Crippen LogP contribution in [0.5, 0.6) is 0 Å². The number of nitrogens with zero attached hydrogens (tertiary/aromatic N) is 2. The molecule has 0 aliphatic carbocycles.